The molecule has 21 heavy (non-hydrogen) atoms. The van der Waals surface area contributed by atoms with Crippen LogP contribution < -0.4 is 5.32 Å². The van der Waals surface area contributed by atoms with Gasteiger partial charge in [0, 0.05) is 17.3 Å². The Bertz CT molecular complexity index is 827. The summed E-state index contributed by atoms with van der Waals surface area (Å²) in [5, 5.41) is 13.1. The van der Waals surface area contributed by atoms with E-state index >= 15 is 0 Å². The summed E-state index contributed by atoms with van der Waals surface area (Å²) in [6.45, 7) is 0.534. The van der Waals surface area contributed by atoms with E-state index in [0.29, 0.717) is 17.2 Å². The van der Waals surface area contributed by atoms with Gasteiger partial charge < -0.3 is 5.32 Å². The number of carbonyl (C=O) groups excluding carboxylic acids is 1. The molecule has 0 saturated heterocycles. The third-order valence-electron chi connectivity index (χ3n) is 3.12. The number of nitrogens with one attached hydrogen (secondary N) is 2. The third-order valence-corrected chi connectivity index (χ3v) is 3.89. The Balaban J connectivity index is 1.62. The Kier molecular flexibility index (Phi) is 3.67. The number of thiazole rings is 1. The third kappa shape index (κ3) is 2.78. The number of fused-ring (bicyclic) bond motifs is 1. The van der Waals surface area contributed by atoms with E-state index < -0.39 is 0 Å². The smallest absolute Gasteiger partial charge is 0.270 e. The van der Waals surface area contributed by atoms with Crippen molar-refractivity contribution >= 4 is 28.1 Å². The minimum Gasteiger partial charge on any atom is -0.350 e. The summed E-state index contributed by atoms with van der Waals surface area (Å²) in [6.07, 6.45) is 7.77. The van der Waals surface area contributed by atoms with Crippen molar-refractivity contribution in [3.05, 3.63) is 46.0 Å². The summed E-state index contributed by atoms with van der Waals surface area (Å²) in [5.41, 5.74) is 2.51. The average molecular weight is 296 g/mol. The van der Waals surface area contributed by atoms with Gasteiger partial charge in [-0.1, -0.05) is 12.1 Å². The molecule has 2 heterocycles. The number of rotatable bonds is 4. The van der Waals surface area contributed by atoms with Crippen molar-refractivity contribution in [3.8, 4) is 12.3 Å². The Morgan fingerprint density at radius 2 is 2.38 bits per heavy atom. The Labute approximate surface area is 125 Å². The fraction of sp³-hybridized carbons (Fsp3) is 0.133. The molecule has 0 bridgehead atoms. The van der Waals surface area contributed by atoms with Gasteiger partial charge in [0.15, 0.2) is 5.01 Å². The van der Waals surface area contributed by atoms with Crippen LogP contribution in [0.5, 0.6) is 0 Å². The van der Waals surface area contributed by atoms with E-state index in [1.54, 1.807) is 11.6 Å². The van der Waals surface area contributed by atoms with Crippen LogP contribution in [0.25, 0.3) is 10.9 Å². The minimum absolute atomic E-state index is 0.202. The standard InChI is InChI=1S/C15H12N4OS/c1-2-14-18-13(9-21-14)15(20)16-7-6-10-4-3-5-12-11(10)8-17-19-12/h1,3-5,8-9H,6-7H2,(H,16,20)(H,17,19). The number of hydrogen-bond acceptors (Lipinski definition) is 4. The zero-order valence-electron chi connectivity index (χ0n) is 11.1. The predicted molar refractivity (Wildman–Crippen MR) is 82.2 cm³/mol. The van der Waals surface area contributed by atoms with Crippen molar-refractivity contribution in [1.82, 2.24) is 20.5 Å². The molecule has 0 unspecified atom stereocenters. The maximum Gasteiger partial charge on any atom is 0.270 e. The van der Waals surface area contributed by atoms with Crippen LogP contribution in [0.3, 0.4) is 0 Å². The van der Waals surface area contributed by atoms with E-state index in [-0.39, 0.29) is 5.91 Å². The van der Waals surface area contributed by atoms with E-state index in [1.165, 1.54) is 11.3 Å². The van der Waals surface area contributed by atoms with Crippen molar-refractivity contribution in [3.63, 3.8) is 0 Å². The zero-order valence-corrected chi connectivity index (χ0v) is 11.9. The van der Waals surface area contributed by atoms with E-state index in [2.05, 4.69) is 26.4 Å². The second-order valence-electron chi connectivity index (χ2n) is 4.44. The van der Waals surface area contributed by atoms with Gasteiger partial charge in [-0.25, -0.2) is 4.98 Å². The van der Waals surface area contributed by atoms with Gasteiger partial charge >= 0.3 is 0 Å². The summed E-state index contributed by atoms with van der Waals surface area (Å²) < 4.78 is 0. The van der Waals surface area contributed by atoms with E-state index in [0.717, 1.165) is 22.9 Å². The van der Waals surface area contributed by atoms with Crippen molar-refractivity contribution in [1.29, 1.82) is 0 Å². The number of aromatic amines is 1. The van der Waals surface area contributed by atoms with Crippen molar-refractivity contribution in [2.24, 2.45) is 0 Å². The molecule has 0 radical (unpaired) electrons. The molecule has 3 rings (SSSR count). The SMILES string of the molecule is C#Cc1nc(C(=O)NCCc2cccc3[nH]ncc23)cs1. The first-order valence-electron chi connectivity index (χ1n) is 6.39. The summed E-state index contributed by atoms with van der Waals surface area (Å²) >= 11 is 1.29. The van der Waals surface area contributed by atoms with Gasteiger partial charge in [-0.05, 0) is 24.0 Å². The Hall–Kier alpha value is -2.65. The molecule has 1 amide bonds. The molecule has 0 fully saturated rings. The predicted octanol–water partition coefficient (Wildman–Crippen LogP) is 1.97. The molecule has 0 atom stereocenters. The molecule has 6 heteroatoms. The normalized spacial score (nSPS) is 10.4. The Morgan fingerprint density at radius 3 is 3.19 bits per heavy atom. The summed E-state index contributed by atoms with van der Waals surface area (Å²) in [4.78, 5) is 16.0. The number of benzene rings is 1. The lowest BCUT2D eigenvalue weighted by Gasteiger charge is -2.04. The number of aromatic nitrogens is 3. The van der Waals surface area contributed by atoms with Crippen LogP contribution in [0.4, 0.5) is 0 Å². The van der Waals surface area contributed by atoms with Gasteiger partial charge in [-0.2, -0.15) is 5.10 Å². The molecule has 104 valence electrons. The summed E-state index contributed by atoms with van der Waals surface area (Å²) in [5.74, 6) is 2.22. The van der Waals surface area contributed by atoms with Crippen LogP contribution >= 0.6 is 11.3 Å². The first-order valence-corrected chi connectivity index (χ1v) is 7.27. The highest BCUT2D eigenvalue weighted by atomic mass is 32.1. The van der Waals surface area contributed by atoms with E-state index in [4.69, 9.17) is 6.42 Å². The molecule has 0 aliphatic rings. The maximum atomic E-state index is 11.9. The van der Waals surface area contributed by atoms with Crippen molar-refractivity contribution in [2.45, 2.75) is 6.42 Å². The molecule has 0 aliphatic carbocycles. The van der Waals surface area contributed by atoms with Crippen LogP contribution in [0, 0.1) is 12.3 Å². The Morgan fingerprint density at radius 1 is 1.48 bits per heavy atom. The van der Waals surface area contributed by atoms with Gasteiger partial charge in [0.1, 0.15) is 5.69 Å². The average Bonchev–Trinajstić information content (AvgIpc) is 3.16. The summed E-state index contributed by atoms with van der Waals surface area (Å²) in [6, 6.07) is 5.97. The number of terminal acetylenes is 1. The van der Waals surface area contributed by atoms with Crippen LogP contribution in [0.1, 0.15) is 21.1 Å². The molecular weight excluding hydrogens is 284 g/mol. The molecule has 0 spiro atoms. The number of nitrogens with zero attached hydrogens (tertiary/aromatic N) is 2. The molecule has 3 aromatic rings. The van der Waals surface area contributed by atoms with E-state index in [9.17, 15) is 4.79 Å². The lowest BCUT2D eigenvalue weighted by molar-refractivity contribution is 0.0950. The zero-order chi connectivity index (χ0) is 14.7. The number of hydrogen-bond donors (Lipinski definition) is 2. The fourth-order valence-corrected chi connectivity index (χ4v) is 2.70. The second kappa shape index (κ2) is 5.77. The van der Waals surface area contributed by atoms with Crippen LogP contribution in [0.15, 0.2) is 29.8 Å². The first kappa shape index (κ1) is 13.3. The largest absolute Gasteiger partial charge is 0.350 e. The number of carbonyl (C=O) groups is 1. The second-order valence-corrected chi connectivity index (χ2v) is 5.29. The van der Waals surface area contributed by atoms with Crippen molar-refractivity contribution in [2.75, 3.05) is 6.54 Å². The lowest BCUT2D eigenvalue weighted by Crippen LogP contribution is -2.26. The van der Waals surface area contributed by atoms with Crippen LogP contribution in [0.2, 0.25) is 0 Å². The van der Waals surface area contributed by atoms with Gasteiger partial charge in [0.2, 0.25) is 0 Å². The highest BCUT2D eigenvalue weighted by Gasteiger charge is 2.09. The lowest BCUT2D eigenvalue weighted by atomic mass is 10.1. The van der Waals surface area contributed by atoms with Crippen LogP contribution in [-0.2, 0) is 6.42 Å². The number of amides is 1. The molecule has 0 aliphatic heterocycles. The highest BCUT2D eigenvalue weighted by molar-refractivity contribution is 7.10. The fourth-order valence-electron chi connectivity index (χ4n) is 2.09. The quantitative estimate of drug-likeness (QED) is 0.723. The molecule has 2 N–H and O–H groups in total. The topological polar surface area (TPSA) is 70.7 Å². The highest BCUT2D eigenvalue weighted by Crippen LogP contribution is 2.16. The maximum absolute atomic E-state index is 11.9. The molecular formula is C15H12N4OS. The number of H-pyrrole nitrogens is 1. The van der Waals surface area contributed by atoms with Crippen LogP contribution in [-0.4, -0.2) is 27.6 Å². The minimum atomic E-state index is -0.202. The molecule has 0 saturated carbocycles. The monoisotopic (exact) mass is 296 g/mol. The molecule has 1 aromatic carbocycles. The summed E-state index contributed by atoms with van der Waals surface area (Å²) in [7, 11) is 0. The van der Waals surface area contributed by atoms with Gasteiger partial charge in [0.05, 0.1) is 11.7 Å². The van der Waals surface area contributed by atoms with Gasteiger partial charge in [0.25, 0.3) is 5.91 Å². The van der Waals surface area contributed by atoms with Crippen molar-refractivity contribution < 1.29 is 4.79 Å². The van der Waals surface area contributed by atoms with Gasteiger partial charge in [-0.15, -0.1) is 17.8 Å². The first-order chi connectivity index (χ1) is 10.3. The molecule has 5 nitrogen and oxygen atoms in total. The van der Waals surface area contributed by atoms with E-state index in [1.807, 2.05) is 18.2 Å². The molecule has 2 aromatic heterocycles. The van der Waals surface area contributed by atoms with Gasteiger partial charge in [-0.3, -0.25) is 9.89 Å².